The normalized spacial score (nSPS) is 17.9. The lowest BCUT2D eigenvalue weighted by molar-refractivity contribution is -0.123. The van der Waals surface area contributed by atoms with Crippen LogP contribution in [-0.4, -0.2) is 60.5 Å². The van der Waals surface area contributed by atoms with Crippen molar-refractivity contribution in [1.82, 2.24) is 19.8 Å². The monoisotopic (exact) mass is 530 g/mol. The molecule has 0 spiro atoms. The Hall–Kier alpha value is -3.34. The van der Waals surface area contributed by atoms with Crippen molar-refractivity contribution in [1.29, 1.82) is 0 Å². The summed E-state index contributed by atoms with van der Waals surface area (Å²) in [5.41, 5.74) is -0.815. The lowest BCUT2D eigenvalue weighted by atomic mass is 9.95. The second kappa shape index (κ2) is 12.9. The minimum Gasteiger partial charge on any atom is -0.493 e. The average molecular weight is 531 g/mol. The van der Waals surface area contributed by atoms with Gasteiger partial charge in [0, 0.05) is 38.2 Å². The van der Waals surface area contributed by atoms with Crippen LogP contribution in [0.15, 0.2) is 21.7 Å². The molecule has 2 aliphatic rings. The zero-order valence-electron chi connectivity index (χ0n) is 22.3. The first-order valence-corrected chi connectivity index (χ1v) is 13.5. The Kier molecular flexibility index (Phi) is 9.43. The van der Waals surface area contributed by atoms with Crippen LogP contribution in [0, 0.1) is 0 Å². The molecule has 2 fully saturated rings. The van der Waals surface area contributed by atoms with Crippen molar-refractivity contribution in [3.8, 4) is 11.5 Å². The smallest absolute Gasteiger partial charge is 0.331 e. The van der Waals surface area contributed by atoms with E-state index >= 15 is 0 Å². The molecule has 2 N–H and O–H groups in total. The summed E-state index contributed by atoms with van der Waals surface area (Å²) in [5, 5.41) is 6.12. The van der Waals surface area contributed by atoms with Crippen molar-refractivity contribution < 1.29 is 23.8 Å². The number of methoxy groups -OCH3 is 2. The van der Waals surface area contributed by atoms with Crippen LogP contribution in [-0.2, 0) is 27.4 Å². The minimum atomic E-state index is -0.603. The molecule has 11 heteroatoms. The zero-order valence-corrected chi connectivity index (χ0v) is 22.3. The number of ether oxygens (including phenoxy) is 3. The Balaban J connectivity index is 1.57. The summed E-state index contributed by atoms with van der Waals surface area (Å²) in [6, 6.07) is 3.16. The number of hydrogen-bond acceptors (Lipinski definition) is 7. The number of benzene rings is 1. The first-order valence-electron chi connectivity index (χ1n) is 13.5. The van der Waals surface area contributed by atoms with Crippen LogP contribution in [0.3, 0.4) is 0 Å². The van der Waals surface area contributed by atoms with E-state index in [1.807, 2.05) is 0 Å². The lowest BCUT2D eigenvalue weighted by Gasteiger charge is -2.23. The van der Waals surface area contributed by atoms with Crippen LogP contribution in [0.5, 0.6) is 11.5 Å². The van der Waals surface area contributed by atoms with E-state index in [1.165, 1.54) is 24.9 Å². The maximum Gasteiger partial charge on any atom is 0.331 e. The Morgan fingerprint density at radius 2 is 1.71 bits per heavy atom. The Morgan fingerprint density at radius 3 is 2.39 bits per heavy atom. The Morgan fingerprint density at radius 1 is 0.974 bits per heavy atom. The van der Waals surface area contributed by atoms with Crippen LogP contribution in [0.4, 0.5) is 0 Å². The Bertz CT molecular complexity index is 1260. The molecule has 1 aromatic carbocycles. The van der Waals surface area contributed by atoms with E-state index in [0.717, 1.165) is 49.5 Å². The number of rotatable bonds is 11. The topological polar surface area (TPSA) is 130 Å². The zero-order chi connectivity index (χ0) is 27.1. The van der Waals surface area contributed by atoms with E-state index in [1.54, 1.807) is 6.07 Å². The Labute approximate surface area is 221 Å². The number of amides is 2. The van der Waals surface area contributed by atoms with Crippen molar-refractivity contribution in [2.24, 2.45) is 0 Å². The largest absolute Gasteiger partial charge is 0.493 e. The van der Waals surface area contributed by atoms with E-state index in [9.17, 15) is 19.2 Å². The summed E-state index contributed by atoms with van der Waals surface area (Å²) in [6.07, 6.45) is 7.54. The second-order valence-electron chi connectivity index (χ2n) is 9.99. The molecule has 2 heterocycles. The highest BCUT2D eigenvalue weighted by molar-refractivity contribution is 5.84. The summed E-state index contributed by atoms with van der Waals surface area (Å²) in [6.45, 7) is 0.981. The average Bonchev–Trinajstić information content (AvgIpc) is 3.45. The molecule has 1 aromatic heterocycles. The first-order chi connectivity index (χ1) is 18.4. The van der Waals surface area contributed by atoms with Gasteiger partial charge in [0.15, 0.2) is 11.5 Å². The van der Waals surface area contributed by atoms with Gasteiger partial charge in [-0.2, -0.15) is 0 Å². The van der Waals surface area contributed by atoms with Gasteiger partial charge in [-0.1, -0.05) is 19.3 Å². The van der Waals surface area contributed by atoms with E-state index in [2.05, 4.69) is 10.6 Å². The van der Waals surface area contributed by atoms with E-state index in [4.69, 9.17) is 14.2 Å². The van der Waals surface area contributed by atoms with Crippen LogP contribution in [0.25, 0.3) is 10.9 Å². The molecule has 1 aliphatic carbocycles. The predicted molar refractivity (Wildman–Crippen MR) is 142 cm³/mol. The van der Waals surface area contributed by atoms with E-state index in [0.29, 0.717) is 36.6 Å². The standard InChI is InChI=1S/C27H38N4O7/c1-36-22-14-20-21(15-23(22)37-2)31(17-25(33)29-18-8-4-3-5-9-18)27(35)30(26(20)34)12-6-11-24(32)28-16-19-10-7-13-38-19/h14-15,18-19H,3-13,16-17H2,1-2H3,(H,28,32)(H,29,33)/t19-/m0/s1. The van der Waals surface area contributed by atoms with Crippen LogP contribution < -0.4 is 31.4 Å². The van der Waals surface area contributed by atoms with E-state index < -0.39 is 11.2 Å². The predicted octanol–water partition coefficient (Wildman–Crippen LogP) is 1.70. The fourth-order valence-electron chi connectivity index (χ4n) is 5.28. The van der Waals surface area contributed by atoms with Gasteiger partial charge in [0.2, 0.25) is 11.8 Å². The van der Waals surface area contributed by atoms with Crippen molar-refractivity contribution in [2.75, 3.05) is 27.4 Å². The number of nitrogens with zero attached hydrogens (tertiary/aromatic N) is 2. The number of aromatic nitrogens is 2. The molecule has 208 valence electrons. The van der Waals surface area contributed by atoms with Crippen LogP contribution >= 0.6 is 0 Å². The molecule has 0 unspecified atom stereocenters. The number of carbonyl (C=O) groups excluding carboxylic acids is 2. The highest BCUT2D eigenvalue weighted by Crippen LogP contribution is 2.30. The van der Waals surface area contributed by atoms with Crippen LogP contribution in [0.1, 0.15) is 57.8 Å². The van der Waals surface area contributed by atoms with Crippen molar-refractivity contribution >= 4 is 22.7 Å². The fourth-order valence-corrected chi connectivity index (χ4v) is 5.28. The molecule has 1 aliphatic heterocycles. The SMILES string of the molecule is COc1cc2c(=O)n(CCCC(=O)NC[C@@H]3CCCO3)c(=O)n(CC(=O)NC3CCCCC3)c2cc1OC. The fraction of sp³-hybridized carbons (Fsp3) is 0.630. The maximum atomic E-state index is 13.5. The van der Waals surface area contributed by atoms with Gasteiger partial charge in [0.05, 0.1) is 31.2 Å². The van der Waals surface area contributed by atoms with Gasteiger partial charge in [0.1, 0.15) is 6.54 Å². The molecule has 0 bridgehead atoms. The van der Waals surface area contributed by atoms with Gasteiger partial charge >= 0.3 is 5.69 Å². The molecular formula is C27H38N4O7. The maximum absolute atomic E-state index is 13.5. The lowest BCUT2D eigenvalue weighted by Crippen LogP contribution is -2.44. The molecule has 1 saturated heterocycles. The van der Waals surface area contributed by atoms with Gasteiger partial charge in [0.25, 0.3) is 5.56 Å². The van der Waals surface area contributed by atoms with Gasteiger partial charge in [-0.3, -0.25) is 23.5 Å². The number of fused-ring (bicyclic) bond motifs is 1. The van der Waals surface area contributed by atoms with Gasteiger partial charge in [-0.25, -0.2) is 4.79 Å². The highest BCUT2D eigenvalue weighted by atomic mass is 16.5. The molecular weight excluding hydrogens is 492 g/mol. The van der Waals surface area contributed by atoms with E-state index in [-0.39, 0.29) is 48.9 Å². The molecule has 2 aromatic rings. The number of carbonyl (C=O) groups is 2. The third-order valence-corrected chi connectivity index (χ3v) is 7.34. The number of hydrogen-bond donors (Lipinski definition) is 2. The summed E-state index contributed by atoms with van der Waals surface area (Å²) in [5.74, 6) is 0.247. The summed E-state index contributed by atoms with van der Waals surface area (Å²) in [4.78, 5) is 52.2. The molecule has 11 nitrogen and oxygen atoms in total. The molecule has 1 atom stereocenters. The third kappa shape index (κ3) is 6.56. The summed E-state index contributed by atoms with van der Waals surface area (Å²) < 4.78 is 18.7. The molecule has 2 amide bonds. The third-order valence-electron chi connectivity index (χ3n) is 7.34. The number of nitrogens with one attached hydrogen (secondary N) is 2. The quantitative estimate of drug-likeness (QED) is 0.452. The summed E-state index contributed by atoms with van der Waals surface area (Å²) in [7, 11) is 2.93. The van der Waals surface area contributed by atoms with Gasteiger partial charge in [-0.15, -0.1) is 0 Å². The molecule has 4 rings (SSSR count). The summed E-state index contributed by atoms with van der Waals surface area (Å²) >= 11 is 0. The van der Waals surface area contributed by atoms with Crippen molar-refractivity contribution in [3.05, 3.63) is 33.0 Å². The molecule has 1 saturated carbocycles. The second-order valence-corrected chi connectivity index (χ2v) is 9.99. The minimum absolute atomic E-state index is 0.0412. The van der Waals surface area contributed by atoms with Crippen LogP contribution in [0.2, 0.25) is 0 Å². The van der Waals surface area contributed by atoms with Crippen molar-refractivity contribution in [2.45, 2.75) is 83.0 Å². The molecule has 38 heavy (non-hydrogen) atoms. The van der Waals surface area contributed by atoms with Gasteiger partial charge in [-0.05, 0) is 38.2 Å². The van der Waals surface area contributed by atoms with Gasteiger partial charge < -0.3 is 24.8 Å². The van der Waals surface area contributed by atoms with Crippen molar-refractivity contribution in [3.63, 3.8) is 0 Å². The highest BCUT2D eigenvalue weighted by Gasteiger charge is 2.21. The molecule has 0 radical (unpaired) electrons. The first kappa shape index (κ1) is 27.7.